The topological polar surface area (TPSA) is 75.7 Å². The molecule has 0 bridgehead atoms. The Balaban J connectivity index is 1.45. The van der Waals surface area contributed by atoms with Crippen molar-refractivity contribution >= 4 is 33.2 Å². The van der Waals surface area contributed by atoms with Crippen LogP contribution in [0.3, 0.4) is 0 Å². The number of carbonyl (C=O) groups is 1. The molecule has 0 saturated carbocycles. The molecule has 196 valence electrons. The van der Waals surface area contributed by atoms with Gasteiger partial charge in [-0.2, -0.15) is 0 Å². The zero-order valence-corrected chi connectivity index (χ0v) is 22.8. The Labute approximate surface area is 228 Å². The zero-order valence-electron chi connectivity index (χ0n) is 21.2. The quantitative estimate of drug-likeness (QED) is 0.262. The van der Waals surface area contributed by atoms with Gasteiger partial charge in [0, 0.05) is 11.6 Å². The number of hydrogen-bond donors (Lipinski definition) is 1. The molecule has 4 aromatic rings. The van der Waals surface area contributed by atoms with Crippen molar-refractivity contribution in [1.29, 1.82) is 0 Å². The number of sulfonamides is 1. The van der Waals surface area contributed by atoms with E-state index in [0.717, 1.165) is 26.7 Å². The number of rotatable bonds is 10. The van der Waals surface area contributed by atoms with Gasteiger partial charge in [0.05, 0.1) is 10.6 Å². The van der Waals surface area contributed by atoms with Gasteiger partial charge in [-0.15, -0.1) is 0 Å². The third-order valence-electron chi connectivity index (χ3n) is 6.07. The van der Waals surface area contributed by atoms with Gasteiger partial charge in [-0.1, -0.05) is 77.8 Å². The highest BCUT2D eigenvalue weighted by Crippen LogP contribution is 2.31. The van der Waals surface area contributed by atoms with Crippen LogP contribution in [0.15, 0.2) is 102 Å². The fourth-order valence-electron chi connectivity index (χ4n) is 3.83. The van der Waals surface area contributed by atoms with Crippen LogP contribution in [0, 0.1) is 13.8 Å². The second-order valence-corrected chi connectivity index (χ2v) is 11.2. The number of hydrogen-bond acceptors (Lipinski definition) is 4. The van der Waals surface area contributed by atoms with E-state index in [9.17, 15) is 13.2 Å². The average Bonchev–Trinajstić information content (AvgIpc) is 2.92. The van der Waals surface area contributed by atoms with E-state index in [1.54, 1.807) is 37.3 Å². The van der Waals surface area contributed by atoms with Crippen LogP contribution in [-0.4, -0.2) is 20.9 Å². The van der Waals surface area contributed by atoms with Gasteiger partial charge >= 0.3 is 0 Å². The Morgan fingerprint density at radius 2 is 1.53 bits per heavy atom. The Morgan fingerprint density at radius 3 is 2.21 bits per heavy atom. The summed E-state index contributed by atoms with van der Waals surface area (Å²) < 4.78 is 34.1. The first-order valence-electron chi connectivity index (χ1n) is 12.1. The molecule has 1 N–H and O–H groups in total. The molecule has 0 aliphatic rings. The number of ether oxygens (including phenoxy) is 1. The van der Waals surface area contributed by atoms with Gasteiger partial charge in [0.15, 0.2) is 0 Å². The van der Waals surface area contributed by atoms with Crippen molar-refractivity contribution in [1.82, 2.24) is 5.32 Å². The summed E-state index contributed by atoms with van der Waals surface area (Å²) in [5.74, 6) is 0.278. The summed E-state index contributed by atoms with van der Waals surface area (Å²) in [5, 5.41) is 3.24. The summed E-state index contributed by atoms with van der Waals surface area (Å²) in [5.41, 5.74) is 3.79. The third-order valence-corrected chi connectivity index (χ3v) is 8.25. The molecule has 8 heteroatoms. The number of nitrogens with one attached hydrogen (secondary N) is 1. The lowest BCUT2D eigenvalue weighted by molar-refractivity contribution is -0.119. The van der Waals surface area contributed by atoms with Gasteiger partial charge in [-0.3, -0.25) is 9.10 Å². The van der Waals surface area contributed by atoms with Gasteiger partial charge in [0.1, 0.15) is 18.9 Å². The first-order valence-corrected chi connectivity index (χ1v) is 13.9. The second kappa shape index (κ2) is 12.2. The highest BCUT2D eigenvalue weighted by molar-refractivity contribution is 7.92. The van der Waals surface area contributed by atoms with Crippen LogP contribution in [0.1, 0.15) is 22.3 Å². The first kappa shape index (κ1) is 27.2. The Morgan fingerprint density at radius 1 is 0.842 bits per heavy atom. The molecule has 0 atom stereocenters. The fourth-order valence-corrected chi connectivity index (χ4v) is 5.48. The number of benzene rings is 4. The lowest BCUT2D eigenvalue weighted by atomic mass is 10.2. The number of aryl methyl sites for hydroxylation is 1. The van der Waals surface area contributed by atoms with Crippen LogP contribution in [-0.2, 0) is 28.0 Å². The Kier molecular flexibility index (Phi) is 8.71. The maximum Gasteiger partial charge on any atom is 0.264 e. The molecule has 0 saturated heterocycles. The smallest absolute Gasteiger partial charge is 0.264 e. The molecule has 38 heavy (non-hydrogen) atoms. The lowest BCUT2D eigenvalue weighted by Gasteiger charge is -2.26. The highest BCUT2D eigenvalue weighted by Gasteiger charge is 2.28. The molecule has 0 spiro atoms. The van der Waals surface area contributed by atoms with E-state index in [1.807, 2.05) is 61.5 Å². The number of halogens is 1. The summed E-state index contributed by atoms with van der Waals surface area (Å²) in [6, 6.07) is 28.8. The molecular formula is C30H29ClN2O4S. The summed E-state index contributed by atoms with van der Waals surface area (Å²) in [6.45, 7) is 3.92. The normalized spacial score (nSPS) is 11.1. The van der Waals surface area contributed by atoms with Crippen molar-refractivity contribution < 1.29 is 17.9 Å². The summed E-state index contributed by atoms with van der Waals surface area (Å²) in [6.07, 6.45) is 0. The second-order valence-electron chi connectivity index (χ2n) is 8.90. The predicted octanol–water partition coefficient (Wildman–Crippen LogP) is 6.05. The molecule has 6 nitrogen and oxygen atoms in total. The minimum atomic E-state index is -4.03. The van der Waals surface area contributed by atoms with Crippen molar-refractivity contribution in [3.8, 4) is 5.75 Å². The van der Waals surface area contributed by atoms with Crippen molar-refractivity contribution in [3.63, 3.8) is 0 Å². The van der Waals surface area contributed by atoms with Crippen LogP contribution in [0.25, 0.3) is 0 Å². The monoisotopic (exact) mass is 548 g/mol. The molecule has 4 rings (SSSR count). The van der Waals surface area contributed by atoms with Crippen molar-refractivity contribution in [2.75, 3.05) is 10.8 Å². The van der Waals surface area contributed by atoms with E-state index in [-0.39, 0.29) is 11.4 Å². The Hall–Kier alpha value is -3.81. The minimum absolute atomic E-state index is 0.0985. The largest absolute Gasteiger partial charge is 0.489 e. The molecule has 0 fully saturated rings. The van der Waals surface area contributed by atoms with Gasteiger partial charge < -0.3 is 10.1 Å². The first-order chi connectivity index (χ1) is 18.2. The SMILES string of the molecule is Cc1ccc(S(=O)(=O)N(CC(=O)NCc2ccc(OCc3ccccc3)cc2)c2cccc(Cl)c2C)cc1. The highest BCUT2D eigenvalue weighted by atomic mass is 35.5. The maximum atomic E-state index is 13.6. The average molecular weight is 549 g/mol. The molecule has 4 aromatic carbocycles. The molecule has 0 radical (unpaired) electrons. The van der Waals surface area contributed by atoms with E-state index >= 15 is 0 Å². The number of anilines is 1. The molecule has 1 amide bonds. The maximum absolute atomic E-state index is 13.6. The van der Waals surface area contributed by atoms with Crippen molar-refractivity contribution in [2.24, 2.45) is 0 Å². The van der Waals surface area contributed by atoms with E-state index in [2.05, 4.69) is 5.32 Å². The van der Waals surface area contributed by atoms with E-state index in [4.69, 9.17) is 16.3 Å². The van der Waals surface area contributed by atoms with E-state index in [0.29, 0.717) is 22.9 Å². The molecular weight excluding hydrogens is 520 g/mol. The zero-order chi connectivity index (χ0) is 27.1. The summed E-state index contributed by atoms with van der Waals surface area (Å²) in [7, 11) is -4.03. The standard InChI is InChI=1S/C30H29ClN2O4S/c1-22-11-17-27(18-12-22)38(35,36)33(29-10-6-9-28(31)23(29)2)20-30(34)32-19-24-13-15-26(16-14-24)37-21-25-7-4-3-5-8-25/h3-18H,19-21H2,1-2H3,(H,32,34). The van der Waals surface area contributed by atoms with E-state index in [1.165, 1.54) is 12.1 Å². The van der Waals surface area contributed by atoms with Gasteiger partial charge in [-0.05, 0) is 66.9 Å². The van der Waals surface area contributed by atoms with Crippen LogP contribution in [0.5, 0.6) is 5.75 Å². The Bertz CT molecular complexity index is 1490. The van der Waals surface area contributed by atoms with Crippen LogP contribution in [0.2, 0.25) is 5.02 Å². The van der Waals surface area contributed by atoms with E-state index < -0.39 is 22.5 Å². The molecule has 0 unspecified atom stereocenters. The van der Waals surface area contributed by atoms with Crippen molar-refractivity contribution in [3.05, 3.63) is 124 Å². The molecule has 0 aromatic heterocycles. The molecule has 0 heterocycles. The van der Waals surface area contributed by atoms with Gasteiger partial charge in [0.25, 0.3) is 10.0 Å². The van der Waals surface area contributed by atoms with Gasteiger partial charge in [0.2, 0.25) is 5.91 Å². The number of carbonyl (C=O) groups excluding carboxylic acids is 1. The van der Waals surface area contributed by atoms with Crippen LogP contribution >= 0.6 is 11.6 Å². The van der Waals surface area contributed by atoms with Crippen LogP contribution < -0.4 is 14.4 Å². The summed E-state index contributed by atoms with van der Waals surface area (Å²) >= 11 is 6.29. The predicted molar refractivity (Wildman–Crippen MR) is 151 cm³/mol. The molecule has 0 aliphatic heterocycles. The lowest BCUT2D eigenvalue weighted by Crippen LogP contribution is -2.41. The van der Waals surface area contributed by atoms with Crippen LogP contribution in [0.4, 0.5) is 5.69 Å². The van der Waals surface area contributed by atoms with Crippen molar-refractivity contribution in [2.45, 2.75) is 31.9 Å². The third kappa shape index (κ3) is 6.73. The number of amides is 1. The number of nitrogens with zero attached hydrogens (tertiary/aromatic N) is 1. The summed E-state index contributed by atoms with van der Waals surface area (Å²) in [4.78, 5) is 13.1. The van der Waals surface area contributed by atoms with Gasteiger partial charge in [-0.25, -0.2) is 8.42 Å². The fraction of sp³-hybridized carbons (Fsp3) is 0.167. The molecule has 0 aliphatic carbocycles. The minimum Gasteiger partial charge on any atom is -0.489 e.